The Morgan fingerprint density at radius 3 is 2.71 bits per heavy atom. The lowest BCUT2D eigenvalue weighted by atomic mass is 10.3. The second-order valence-corrected chi connectivity index (χ2v) is 4.41. The first-order valence-corrected chi connectivity index (χ1v) is 5.61. The molecule has 14 heavy (non-hydrogen) atoms. The van der Waals surface area contributed by atoms with E-state index < -0.39 is 0 Å². The maximum Gasteiger partial charge on any atom is 0.0729 e. The van der Waals surface area contributed by atoms with Gasteiger partial charge in [0.05, 0.1) is 16.3 Å². The fraction of sp³-hybridized carbons (Fsp3) is 0. The Balaban J connectivity index is 2.91. The molecule has 1 aromatic heterocycles. The quantitative estimate of drug-likeness (QED) is 0.830. The molecule has 1 heterocycles. The summed E-state index contributed by atoms with van der Waals surface area (Å²) in [4.78, 5) is 0.908. The molecule has 0 fully saturated rings. The van der Waals surface area contributed by atoms with E-state index in [0.717, 1.165) is 9.36 Å². The van der Waals surface area contributed by atoms with Crippen LogP contribution in [-0.2, 0) is 0 Å². The fourth-order valence-corrected chi connectivity index (χ4v) is 1.76. The molecule has 0 amide bonds. The average molecular weight is 271 g/mol. The maximum absolute atomic E-state index is 5.84. The zero-order valence-corrected chi connectivity index (χ0v) is 9.94. The van der Waals surface area contributed by atoms with Crippen LogP contribution in [0.1, 0.15) is 4.88 Å². The molecule has 74 valence electrons. The normalized spacial score (nSPS) is 12.9. The molecule has 0 saturated carbocycles. The zero-order valence-electron chi connectivity index (χ0n) is 7.53. The number of rotatable bonds is 3. The minimum atomic E-state index is 0.663. The van der Waals surface area contributed by atoms with Crippen molar-refractivity contribution in [1.82, 2.24) is 0 Å². The van der Waals surface area contributed by atoms with Crippen molar-refractivity contribution in [3.63, 3.8) is 0 Å². The smallest absolute Gasteiger partial charge is 0.0729 e. The number of thiophene rings is 1. The number of nitrogens with two attached hydrogens (primary N) is 2. The van der Waals surface area contributed by atoms with E-state index >= 15 is 0 Å². The lowest BCUT2D eigenvalue weighted by Gasteiger charge is -1.97. The summed E-state index contributed by atoms with van der Waals surface area (Å²) in [7, 11) is 0. The van der Waals surface area contributed by atoms with E-state index in [1.165, 1.54) is 11.3 Å². The third-order valence-electron chi connectivity index (χ3n) is 1.57. The van der Waals surface area contributed by atoms with Crippen LogP contribution in [0.2, 0.25) is 0 Å². The number of nitrogen functional groups attached to an aromatic ring is 1. The van der Waals surface area contributed by atoms with Crippen molar-refractivity contribution in [3.05, 3.63) is 45.6 Å². The predicted molar refractivity (Wildman–Crippen MR) is 68.1 cm³/mol. The molecule has 0 aliphatic rings. The Morgan fingerprint density at radius 2 is 2.21 bits per heavy atom. The lowest BCUT2D eigenvalue weighted by Crippen LogP contribution is -1.96. The molecule has 0 atom stereocenters. The highest BCUT2D eigenvalue weighted by Gasteiger charge is 2.01. The topological polar surface area (TPSA) is 52.0 Å². The molecular formula is C10H11BrN2S. The standard InChI is InChI=1S/C10H11BrN2S/c1-2-7(11)3-4-8(12)10-9(13)5-6-14-10/h2-6H,1,12-13H2/b7-3+,8-4-. The van der Waals surface area contributed by atoms with Crippen LogP contribution in [0.15, 0.2) is 40.7 Å². The molecule has 1 aromatic rings. The van der Waals surface area contributed by atoms with Gasteiger partial charge in [0.1, 0.15) is 0 Å². The summed E-state index contributed by atoms with van der Waals surface area (Å²) >= 11 is 4.83. The minimum absolute atomic E-state index is 0.663. The summed E-state index contributed by atoms with van der Waals surface area (Å²) < 4.78 is 0.885. The molecule has 4 N–H and O–H groups in total. The van der Waals surface area contributed by atoms with Crippen molar-refractivity contribution in [2.75, 3.05) is 5.73 Å². The maximum atomic E-state index is 5.84. The van der Waals surface area contributed by atoms with Crippen molar-refractivity contribution in [2.24, 2.45) is 5.73 Å². The van der Waals surface area contributed by atoms with E-state index in [1.807, 2.05) is 17.5 Å². The number of halogens is 1. The largest absolute Gasteiger partial charge is 0.398 e. The third-order valence-corrected chi connectivity index (χ3v) is 3.14. The summed E-state index contributed by atoms with van der Waals surface area (Å²) in [5.74, 6) is 0. The van der Waals surface area contributed by atoms with Crippen molar-refractivity contribution < 1.29 is 0 Å². The van der Waals surface area contributed by atoms with Gasteiger partial charge in [0.25, 0.3) is 0 Å². The van der Waals surface area contributed by atoms with Crippen LogP contribution in [0.4, 0.5) is 5.69 Å². The molecule has 0 aliphatic carbocycles. The molecule has 0 bridgehead atoms. The number of hydrogen-bond acceptors (Lipinski definition) is 3. The SMILES string of the molecule is C=C/C(Br)=C\C=C(/N)c1sccc1N. The van der Waals surface area contributed by atoms with E-state index in [9.17, 15) is 0 Å². The van der Waals surface area contributed by atoms with Gasteiger partial charge >= 0.3 is 0 Å². The summed E-state index contributed by atoms with van der Waals surface area (Å²) in [6, 6.07) is 1.84. The van der Waals surface area contributed by atoms with Gasteiger partial charge in [-0.3, -0.25) is 0 Å². The van der Waals surface area contributed by atoms with Gasteiger partial charge in [0, 0.05) is 4.48 Å². The highest BCUT2D eigenvalue weighted by molar-refractivity contribution is 9.11. The van der Waals surface area contributed by atoms with E-state index in [-0.39, 0.29) is 0 Å². The zero-order chi connectivity index (χ0) is 10.6. The van der Waals surface area contributed by atoms with Crippen LogP contribution >= 0.6 is 27.3 Å². The highest BCUT2D eigenvalue weighted by atomic mass is 79.9. The van der Waals surface area contributed by atoms with Gasteiger partial charge in [0.2, 0.25) is 0 Å². The Labute approximate surface area is 95.7 Å². The summed E-state index contributed by atoms with van der Waals surface area (Å²) in [6.07, 6.45) is 5.33. The minimum Gasteiger partial charge on any atom is -0.398 e. The highest BCUT2D eigenvalue weighted by Crippen LogP contribution is 2.24. The summed E-state index contributed by atoms with van der Waals surface area (Å²) in [5, 5.41) is 1.91. The van der Waals surface area contributed by atoms with Crippen LogP contribution in [0.25, 0.3) is 5.70 Å². The first-order chi connectivity index (χ1) is 6.65. The summed E-state index contributed by atoms with van der Waals surface area (Å²) in [5.41, 5.74) is 12.9. The van der Waals surface area contributed by atoms with Crippen LogP contribution < -0.4 is 11.5 Å². The van der Waals surface area contributed by atoms with Gasteiger partial charge < -0.3 is 11.5 Å². The second kappa shape index (κ2) is 5.02. The van der Waals surface area contributed by atoms with E-state index in [4.69, 9.17) is 11.5 Å². The monoisotopic (exact) mass is 270 g/mol. The van der Waals surface area contributed by atoms with Crippen LogP contribution in [0.3, 0.4) is 0 Å². The lowest BCUT2D eigenvalue weighted by molar-refractivity contribution is 1.60. The molecule has 2 nitrogen and oxygen atoms in total. The average Bonchev–Trinajstić information content (AvgIpc) is 2.60. The Hall–Kier alpha value is -1.00. The van der Waals surface area contributed by atoms with Crippen LogP contribution in [0, 0.1) is 0 Å². The molecule has 0 unspecified atom stereocenters. The number of anilines is 1. The molecule has 1 rings (SSSR count). The Morgan fingerprint density at radius 1 is 1.50 bits per heavy atom. The van der Waals surface area contributed by atoms with Crippen molar-refractivity contribution in [2.45, 2.75) is 0 Å². The molecule has 4 heteroatoms. The predicted octanol–water partition coefficient (Wildman–Crippen LogP) is 3.09. The molecule has 0 aliphatic heterocycles. The van der Waals surface area contributed by atoms with Gasteiger partial charge in [-0.05, 0) is 23.6 Å². The molecular weight excluding hydrogens is 260 g/mol. The molecule has 0 radical (unpaired) electrons. The van der Waals surface area contributed by atoms with Crippen molar-refractivity contribution >= 4 is 38.7 Å². The number of allylic oxidation sites excluding steroid dienone is 4. The molecule has 0 spiro atoms. The van der Waals surface area contributed by atoms with E-state index in [2.05, 4.69) is 22.5 Å². The molecule has 0 saturated heterocycles. The Bertz CT molecular complexity index is 391. The number of hydrogen-bond donors (Lipinski definition) is 2. The summed E-state index contributed by atoms with van der Waals surface area (Å²) in [6.45, 7) is 3.61. The first kappa shape index (κ1) is 11.1. The van der Waals surface area contributed by atoms with E-state index in [1.54, 1.807) is 12.2 Å². The second-order valence-electron chi connectivity index (χ2n) is 2.58. The fourth-order valence-electron chi connectivity index (χ4n) is 0.867. The third kappa shape index (κ3) is 2.75. The van der Waals surface area contributed by atoms with Gasteiger partial charge in [0.15, 0.2) is 0 Å². The first-order valence-electron chi connectivity index (χ1n) is 3.94. The van der Waals surface area contributed by atoms with Crippen LogP contribution in [0.5, 0.6) is 0 Å². The van der Waals surface area contributed by atoms with Crippen molar-refractivity contribution in [3.8, 4) is 0 Å². The van der Waals surface area contributed by atoms with E-state index in [0.29, 0.717) is 11.4 Å². The molecule has 0 aromatic carbocycles. The Kier molecular flexibility index (Phi) is 3.98. The van der Waals surface area contributed by atoms with Crippen LogP contribution in [-0.4, -0.2) is 0 Å². The van der Waals surface area contributed by atoms with Gasteiger partial charge in [-0.15, -0.1) is 11.3 Å². The van der Waals surface area contributed by atoms with Gasteiger partial charge in [-0.25, -0.2) is 0 Å². The van der Waals surface area contributed by atoms with Gasteiger partial charge in [-0.2, -0.15) is 0 Å². The van der Waals surface area contributed by atoms with Gasteiger partial charge in [-0.1, -0.05) is 28.6 Å². The van der Waals surface area contributed by atoms with Crippen molar-refractivity contribution in [1.29, 1.82) is 0 Å².